The highest BCUT2D eigenvalue weighted by Gasteiger charge is 2.26. The van der Waals surface area contributed by atoms with Gasteiger partial charge in [0, 0.05) is 13.6 Å². The third-order valence-corrected chi connectivity index (χ3v) is 5.43. The molecule has 1 aliphatic heterocycles. The van der Waals surface area contributed by atoms with Gasteiger partial charge in [-0.25, -0.2) is 0 Å². The van der Waals surface area contributed by atoms with Crippen LogP contribution >= 0.6 is 11.5 Å². The normalized spacial score (nSPS) is 16.8. The molecule has 2 aromatic rings. The van der Waals surface area contributed by atoms with Crippen LogP contribution in [0.4, 0.5) is 5.00 Å². The fourth-order valence-electron chi connectivity index (χ4n) is 3.21. The molecule has 24 heavy (non-hydrogen) atoms. The number of furan rings is 1. The van der Waals surface area contributed by atoms with Crippen molar-refractivity contribution in [2.45, 2.75) is 32.2 Å². The molecule has 1 atom stereocenters. The summed E-state index contributed by atoms with van der Waals surface area (Å²) in [7, 11) is 1.81. The van der Waals surface area contributed by atoms with Crippen LogP contribution in [-0.4, -0.2) is 41.9 Å². The number of piperidine rings is 1. The Morgan fingerprint density at radius 3 is 2.88 bits per heavy atom. The Labute approximate surface area is 146 Å². The van der Waals surface area contributed by atoms with Gasteiger partial charge in [-0.3, -0.25) is 9.69 Å². The summed E-state index contributed by atoms with van der Waals surface area (Å²) in [5.41, 5.74) is 1.40. The predicted octanol–water partition coefficient (Wildman–Crippen LogP) is 3.04. The van der Waals surface area contributed by atoms with Crippen LogP contribution < -0.4 is 10.6 Å². The highest BCUT2D eigenvalue weighted by atomic mass is 32.1. The first-order valence-electron chi connectivity index (χ1n) is 8.40. The van der Waals surface area contributed by atoms with E-state index in [1.54, 1.807) is 6.26 Å². The van der Waals surface area contributed by atoms with Crippen LogP contribution in [0.15, 0.2) is 22.8 Å². The third kappa shape index (κ3) is 3.62. The summed E-state index contributed by atoms with van der Waals surface area (Å²) < 4.78 is 9.89. The molecule has 6 nitrogen and oxygen atoms in total. The van der Waals surface area contributed by atoms with E-state index in [2.05, 4.69) is 19.9 Å². The van der Waals surface area contributed by atoms with E-state index in [9.17, 15) is 4.79 Å². The molecule has 0 radical (unpaired) electrons. The summed E-state index contributed by atoms with van der Waals surface area (Å²) >= 11 is 1.31. The van der Waals surface area contributed by atoms with E-state index in [0.717, 1.165) is 29.5 Å². The lowest BCUT2D eigenvalue weighted by Crippen LogP contribution is -2.40. The zero-order valence-corrected chi connectivity index (χ0v) is 15.0. The number of carbonyl (C=O) groups is 1. The largest absolute Gasteiger partial charge is 0.468 e. The molecule has 0 aromatic carbocycles. The van der Waals surface area contributed by atoms with Crippen LogP contribution in [-0.2, 0) is 0 Å². The molecule has 2 N–H and O–H groups in total. The fraction of sp³-hybridized carbons (Fsp3) is 0.529. The van der Waals surface area contributed by atoms with Crippen LogP contribution in [0, 0.1) is 6.92 Å². The minimum absolute atomic E-state index is 0.0780. The van der Waals surface area contributed by atoms with E-state index in [1.165, 1.54) is 30.8 Å². The number of aromatic nitrogens is 1. The van der Waals surface area contributed by atoms with Crippen molar-refractivity contribution in [1.29, 1.82) is 0 Å². The Kier molecular flexibility index (Phi) is 5.52. The molecular weight excluding hydrogens is 324 g/mol. The van der Waals surface area contributed by atoms with E-state index in [-0.39, 0.29) is 11.9 Å². The van der Waals surface area contributed by atoms with E-state index < -0.39 is 0 Å². The molecule has 0 bridgehead atoms. The summed E-state index contributed by atoms with van der Waals surface area (Å²) in [5, 5.41) is 6.92. The van der Waals surface area contributed by atoms with Gasteiger partial charge in [0.2, 0.25) is 0 Å². The summed E-state index contributed by atoms with van der Waals surface area (Å²) in [6, 6.07) is 3.97. The Balaban J connectivity index is 1.71. The highest BCUT2D eigenvalue weighted by molar-refractivity contribution is 7.10. The SMILES string of the molecule is CNc1snc(C)c1C(=O)NCC(c1ccco1)N1CCCCC1. The number of nitrogens with one attached hydrogen (secondary N) is 2. The number of rotatable bonds is 6. The van der Waals surface area contributed by atoms with Crippen LogP contribution in [0.3, 0.4) is 0 Å². The number of amides is 1. The van der Waals surface area contributed by atoms with Gasteiger partial charge in [0.1, 0.15) is 10.8 Å². The maximum Gasteiger partial charge on any atom is 0.256 e. The molecule has 0 spiro atoms. The molecule has 3 rings (SSSR count). The van der Waals surface area contributed by atoms with Crippen molar-refractivity contribution in [3.05, 3.63) is 35.4 Å². The molecule has 1 fully saturated rings. The lowest BCUT2D eigenvalue weighted by Gasteiger charge is -2.33. The summed E-state index contributed by atoms with van der Waals surface area (Å²) in [6.45, 7) is 4.48. The molecule has 7 heteroatoms. The molecule has 130 valence electrons. The average Bonchev–Trinajstić information content (AvgIpc) is 3.25. The molecule has 1 amide bonds. The van der Waals surface area contributed by atoms with Crippen LogP contribution in [0.5, 0.6) is 0 Å². The van der Waals surface area contributed by atoms with Gasteiger partial charge in [-0.2, -0.15) is 4.37 Å². The smallest absolute Gasteiger partial charge is 0.256 e. The van der Waals surface area contributed by atoms with Crippen molar-refractivity contribution in [2.24, 2.45) is 0 Å². The predicted molar refractivity (Wildman–Crippen MR) is 95.6 cm³/mol. The van der Waals surface area contributed by atoms with Crippen LogP contribution in [0.25, 0.3) is 0 Å². The topological polar surface area (TPSA) is 70.4 Å². The lowest BCUT2D eigenvalue weighted by molar-refractivity contribution is 0.0914. The summed E-state index contributed by atoms with van der Waals surface area (Å²) in [6.07, 6.45) is 5.37. The van der Waals surface area contributed by atoms with Crippen molar-refractivity contribution in [3.63, 3.8) is 0 Å². The number of aryl methyl sites for hydroxylation is 1. The molecule has 0 saturated carbocycles. The van der Waals surface area contributed by atoms with Gasteiger partial charge in [-0.15, -0.1) is 0 Å². The van der Waals surface area contributed by atoms with E-state index in [1.807, 2.05) is 26.1 Å². The van der Waals surface area contributed by atoms with Crippen molar-refractivity contribution in [3.8, 4) is 0 Å². The molecule has 0 aliphatic carbocycles. The lowest BCUT2D eigenvalue weighted by atomic mass is 10.1. The van der Waals surface area contributed by atoms with Gasteiger partial charge in [-0.1, -0.05) is 6.42 Å². The number of likely N-dealkylation sites (tertiary alicyclic amines) is 1. The molecule has 3 heterocycles. The van der Waals surface area contributed by atoms with Crippen molar-refractivity contribution in [1.82, 2.24) is 14.6 Å². The van der Waals surface area contributed by atoms with Gasteiger partial charge in [-0.05, 0) is 56.5 Å². The maximum absolute atomic E-state index is 12.6. The molecule has 1 saturated heterocycles. The molecule has 1 aliphatic rings. The number of hydrogen-bond acceptors (Lipinski definition) is 6. The van der Waals surface area contributed by atoms with Crippen molar-refractivity contribution < 1.29 is 9.21 Å². The highest BCUT2D eigenvalue weighted by Crippen LogP contribution is 2.26. The second kappa shape index (κ2) is 7.81. The first-order valence-corrected chi connectivity index (χ1v) is 9.17. The van der Waals surface area contributed by atoms with E-state index >= 15 is 0 Å². The first-order chi connectivity index (χ1) is 11.7. The van der Waals surface area contributed by atoms with Crippen molar-refractivity contribution >= 4 is 22.4 Å². The molecule has 2 aromatic heterocycles. The van der Waals surface area contributed by atoms with Gasteiger partial charge in [0.15, 0.2) is 0 Å². The Morgan fingerprint density at radius 1 is 1.42 bits per heavy atom. The van der Waals surface area contributed by atoms with E-state index in [0.29, 0.717) is 12.1 Å². The average molecular weight is 348 g/mol. The summed E-state index contributed by atoms with van der Waals surface area (Å²) in [5.74, 6) is 0.824. The summed E-state index contributed by atoms with van der Waals surface area (Å²) in [4.78, 5) is 15.0. The second-order valence-electron chi connectivity index (χ2n) is 6.06. The minimum atomic E-state index is -0.0841. The van der Waals surface area contributed by atoms with Gasteiger partial charge >= 0.3 is 0 Å². The van der Waals surface area contributed by atoms with Crippen molar-refractivity contribution in [2.75, 3.05) is 32.0 Å². The Morgan fingerprint density at radius 2 is 2.21 bits per heavy atom. The van der Waals surface area contributed by atoms with Crippen LogP contribution in [0.1, 0.15) is 47.1 Å². The standard InChI is InChI=1S/C17H24N4O2S/c1-12-15(17(18-2)24-20-12)16(22)19-11-13(14-7-6-10-23-14)21-8-4-3-5-9-21/h6-7,10,13,18H,3-5,8-9,11H2,1-2H3,(H,19,22). The number of nitrogens with zero attached hydrogens (tertiary/aromatic N) is 2. The minimum Gasteiger partial charge on any atom is -0.468 e. The molecule has 1 unspecified atom stereocenters. The van der Waals surface area contributed by atoms with E-state index in [4.69, 9.17) is 4.42 Å². The number of hydrogen-bond donors (Lipinski definition) is 2. The Hall–Kier alpha value is -1.86. The van der Waals surface area contributed by atoms with Gasteiger partial charge < -0.3 is 15.1 Å². The zero-order valence-electron chi connectivity index (χ0n) is 14.2. The molecular formula is C17H24N4O2S. The maximum atomic E-state index is 12.6. The van der Waals surface area contributed by atoms with Crippen LogP contribution in [0.2, 0.25) is 0 Å². The monoisotopic (exact) mass is 348 g/mol. The fourth-order valence-corrected chi connectivity index (χ4v) is 3.95. The zero-order chi connectivity index (χ0) is 16.9. The van der Waals surface area contributed by atoms with Gasteiger partial charge in [0.25, 0.3) is 5.91 Å². The quantitative estimate of drug-likeness (QED) is 0.840. The second-order valence-corrected chi connectivity index (χ2v) is 6.83. The first kappa shape index (κ1) is 17.0. The number of carbonyl (C=O) groups excluding carboxylic acids is 1. The third-order valence-electron chi connectivity index (χ3n) is 4.48. The number of anilines is 1. The van der Waals surface area contributed by atoms with Gasteiger partial charge in [0.05, 0.1) is 23.6 Å². The Bertz CT molecular complexity index is 662.